The summed E-state index contributed by atoms with van der Waals surface area (Å²) in [6.07, 6.45) is 2.62. The highest BCUT2D eigenvalue weighted by atomic mass is 32.1. The third-order valence-corrected chi connectivity index (χ3v) is 4.35. The molecule has 1 aromatic carbocycles. The van der Waals surface area contributed by atoms with Crippen molar-refractivity contribution >= 4 is 39.0 Å². The lowest BCUT2D eigenvalue weighted by Gasteiger charge is -2.14. The summed E-state index contributed by atoms with van der Waals surface area (Å²) in [6.45, 7) is 2.70. The molecule has 0 unspecified atom stereocenters. The van der Waals surface area contributed by atoms with Gasteiger partial charge in [0.25, 0.3) is 5.91 Å². The summed E-state index contributed by atoms with van der Waals surface area (Å²) in [5.41, 5.74) is 1.13. The number of carbonyl (C=O) groups excluding carboxylic acids is 1. The fourth-order valence-corrected chi connectivity index (χ4v) is 2.91. The van der Waals surface area contributed by atoms with Crippen molar-refractivity contribution < 1.29 is 19.6 Å². The topological polar surface area (TPSA) is 134 Å². The van der Waals surface area contributed by atoms with Crippen LogP contribution in [-0.4, -0.2) is 33.4 Å². The number of aliphatic carboxylic acids is 1. The number of nitro groups is 1. The van der Waals surface area contributed by atoms with Crippen molar-refractivity contribution in [1.29, 1.82) is 0 Å². The molecule has 1 heterocycles. The van der Waals surface area contributed by atoms with E-state index in [1.54, 1.807) is 12.1 Å². The monoisotopic (exact) mass is 378 g/mol. The van der Waals surface area contributed by atoms with Gasteiger partial charge in [-0.1, -0.05) is 19.4 Å². The number of carboxylic acid groups (broad SMARTS) is 1. The molecule has 0 bridgehead atoms. The molecule has 138 valence electrons. The van der Waals surface area contributed by atoms with Crippen LogP contribution in [0.4, 0.5) is 15.8 Å². The molecular weight excluding hydrogens is 360 g/mol. The average molecular weight is 378 g/mol. The largest absolute Gasteiger partial charge is 0.481 e. The van der Waals surface area contributed by atoms with E-state index >= 15 is 0 Å². The number of aromatic nitrogens is 1. The van der Waals surface area contributed by atoms with Gasteiger partial charge in [-0.05, 0) is 35.5 Å². The van der Waals surface area contributed by atoms with Crippen molar-refractivity contribution in [1.82, 2.24) is 4.98 Å². The van der Waals surface area contributed by atoms with Gasteiger partial charge < -0.3 is 10.4 Å². The highest BCUT2D eigenvalue weighted by Crippen LogP contribution is 2.27. The van der Waals surface area contributed by atoms with Crippen LogP contribution < -0.4 is 10.6 Å². The molecule has 0 aliphatic carbocycles. The third kappa shape index (κ3) is 4.99. The molecule has 0 spiro atoms. The van der Waals surface area contributed by atoms with E-state index in [1.807, 2.05) is 6.92 Å². The molecule has 0 saturated carbocycles. The van der Waals surface area contributed by atoms with Gasteiger partial charge in [0, 0.05) is 17.8 Å². The maximum absolute atomic E-state index is 12.5. The van der Waals surface area contributed by atoms with Crippen LogP contribution in [0.3, 0.4) is 0 Å². The number of rotatable bonds is 9. The van der Waals surface area contributed by atoms with Gasteiger partial charge in [-0.25, -0.2) is 4.98 Å². The second kappa shape index (κ2) is 8.90. The fraction of sp³-hybridized carbons (Fsp3) is 0.312. The second-order valence-corrected chi connectivity index (χ2v) is 6.41. The van der Waals surface area contributed by atoms with Gasteiger partial charge in [0.05, 0.1) is 11.3 Å². The van der Waals surface area contributed by atoms with E-state index in [4.69, 9.17) is 0 Å². The Labute approximate surface area is 153 Å². The zero-order chi connectivity index (χ0) is 19.1. The molecule has 9 nitrogen and oxygen atoms in total. The van der Waals surface area contributed by atoms with Gasteiger partial charge in [-0.15, -0.1) is 0 Å². The summed E-state index contributed by atoms with van der Waals surface area (Å²) in [7, 11) is 0. The van der Waals surface area contributed by atoms with E-state index in [0.29, 0.717) is 17.8 Å². The fourth-order valence-electron chi connectivity index (χ4n) is 2.28. The van der Waals surface area contributed by atoms with E-state index in [-0.39, 0.29) is 22.1 Å². The lowest BCUT2D eigenvalue weighted by atomic mass is 10.0. The van der Waals surface area contributed by atoms with E-state index in [1.165, 1.54) is 6.07 Å². The molecular formula is C16H18N4O5S. The van der Waals surface area contributed by atoms with Gasteiger partial charge in [0.1, 0.15) is 6.20 Å². The van der Waals surface area contributed by atoms with Crippen LogP contribution in [0, 0.1) is 10.1 Å². The van der Waals surface area contributed by atoms with E-state index < -0.39 is 16.8 Å². The molecule has 0 aliphatic heterocycles. The Morgan fingerprint density at radius 1 is 1.38 bits per heavy atom. The number of thiazole rings is 1. The Bertz CT molecular complexity index is 821. The van der Waals surface area contributed by atoms with Crippen molar-refractivity contribution in [2.75, 3.05) is 17.2 Å². The molecule has 26 heavy (non-hydrogen) atoms. The minimum Gasteiger partial charge on any atom is -0.481 e. The Hall–Kier alpha value is -3.01. The Morgan fingerprint density at radius 3 is 2.77 bits per heavy atom. The minimum absolute atomic E-state index is 0.0762. The molecule has 3 N–H and O–H groups in total. The van der Waals surface area contributed by atoms with Crippen molar-refractivity contribution in [3.05, 3.63) is 45.6 Å². The first-order valence-corrected chi connectivity index (χ1v) is 8.73. The zero-order valence-electron chi connectivity index (χ0n) is 14.0. The quantitative estimate of drug-likeness (QED) is 0.346. The predicted molar refractivity (Wildman–Crippen MR) is 97.9 cm³/mol. The maximum Gasteiger partial charge on any atom is 0.345 e. The van der Waals surface area contributed by atoms with Crippen molar-refractivity contribution in [3.63, 3.8) is 0 Å². The van der Waals surface area contributed by atoms with Crippen LogP contribution in [0.5, 0.6) is 0 Å². The number of benzene rings is 1. The van der Waals surface area contributed by atoms with Crippen LogP contribution >= 0.6 is 11.3 Å². The number of carbonyl (C=O) groups is 2. The average Bonchev–Trinajstić information content (AvgIpc) is 3.04. The number of hydrogen-bond acceptors (Lipinski definition) is 7. The highest BCUT2D eigenvalue weighted by Gasteiger charge is 2.19. The number of hydrogen-bond donors (Lipinski definition) is 3. The van der Waals surface area contributed by atoms with Crippen molar-refractivity contribution in [3.8, 4) is 0 Å². The first-order valence-electron chi connectivity index (χ1n) is 7.91. The van der Waals surface area contributed by atoms with E-state index in [9.17, 15) is 24.8 Å². The number of anilines is 2. The first kappa shape index (κ1) is 19.3. The van der Waals surface area contributed by atoms with Crippen LogP contribution in [-0.2, 0) is 11.2 Å². The van der Waals surface area contributed by atoms with Crippen molar-refractivity contribution in [2.24, 2.45) is 0 Å². The predicted octanol–water partition coefficient (Wildman–Crippen LogP) is 3.14. The summed E-state index contributed by atoms with van der Waals surface area (Å²) in [5, 5.41) is 25.4. The van der Waals surface area contributed by atoms with Gasteiger partial charge >= 0.3 is 11.0 Å². The molecule has 0 atom stereocenters. The lowest BCUT2D eigenvalue weighted by Crippen LogP contribution is -2.17. The summed E-state index contributed by atoms with van der Waals surface area (Å²) >= 11 is 0.731. The minimum atomic E-state index is -1.06. The maximum atomic E-state index is 12.5. The molecule has 0 radical (unpaired) electrons. The molecule has 2 rings (SSSR count). The second-order valence-electron chi connectivity index (χ2n) is 5.40. The summed E-state index contributed by atoms with van der Waals surface area (Å²) in [5.74, 6) is -1.63. The lowest BCUT2D eigenvalue weighted by molar-refractivity contribution is -0.380. The van der Waals surface area contributed by atoms with E-state index in [2.05, 4.69) is 15.6 Å². The Morgan fingerprint density at radius 2 is 2.15 bits per heavy atom. The van der Waals surface area contributed by atoms with Gasteiger partial charge in [0.2, 0.25) is 0 Å². The van der Waals surface area contributed by atoms with Crippen molar-refractivity contribution in [2.45, 2.75) is 26.2 Å². The van der Waals surface area contributed by atoms with Crippen LogP contribution in [0.2, 0.25) is 0 Å². The standard InChI is InChI=1S/C16H18N4O5S/c1-2-3-7-17-12-6-4-5-10(11(12)8-14(21)22)15(23)19-16-18-9-13(26-16)20(24)25/h4-6,9,17H,2-3,7-8H2,1H3,(H,21,22)(H,18,19,23). The summed E-state index contributed by atoms with van der Waals surface area (Å²) in [4.78, 5) is 37.7. The van der Waals surface area contributed by atoms with Gasteiger partial charge in [-0.2, -0.15) is 0 Å². The first-order chi connectivity index (χ1) is 12.4. The number of carboxylic acids is 1. The number of nitrogens with one attached hydrogen (secondary N) is 2. The molecule has 2 aromatic rings. The Balaban J connectivity index is 2.27. The summed E-state index contributed by atoms with van der Waals surface area (Å²) < 4.78 is 0. The van der Waals surface area contributed by atoms with Gasteiger partial charge in [0.15, 0.2) is 5.13 Å². The normalized spacial score (nSPS) is 10.3. The SMILES string of the molecule is CCCCNc1cccc(C(=O)Nc2ncc([N+](=O)[O-])s2)c1CC(=O)O. The highest BCUT2D eigenvalue weighted by molar-refractivity contribution is 7.18. The van der Waals surface area contributed by atoms with Gasteiger partial charge in [-0.3, -0.25) is 25.0 Å². The molecule has 0 aliphatic rings. The number of amides is 1. The van der Waals surface area contributed by atoms with Crippen LogP contribution in [0.15, 0.2) is 24.4 Å². The van der Waals surface area contributed by atoms with Crippen LogP contribution in [0.1, 0.15) is 35.7 Å². The molecule has 1 aromatic heterocycles. The number of unbranched alkanes of at least 4 members (excludes halogenated alkanes) is 1. The zero-order valence-corrected chi connectivity index (χ0v) is 14.8. The summed E-state index contributed by atoms with van der Waals surface area (Å²) in [6, 6.07) is 4.89. The van der Waals surface area contributed by atoms with E-state index in [0.717, 1.165) is 30.4 Å². The van der Waals surface area contributed by atoms with Crippen LogP contribution in [0.25, 0.3) is 0 Å². The number of nitrogens with zero attached hydrogens (tertiary/aromatic N) is 2. The molecule has 0 fully saturated rings. The molecule has 10 heteroatoms. The molecule has 1 amide bonds. The third-order valence-electron chi connectivity index (χ3n) is 3.49. The Kier molecular flexibility index (Phi) is 6.61. The molecule has 0 saturated heterocycles. The smallest absolute Gasteiger partial charge is 0.345 e.